The summed E-state index contributed by atoms with van der Waals surface area (Å²) < 4.78 is 0.819. The Morgan fingerprint density at radius 1 is 0.714 bits per heavy atom. The minimum atomic E-state index is 0.819. The fourth-order valence-electron chi connectivity index (χ4n) is 1.98. The molecule has 108 valence electrons. The highest BCUT2D eigenvalue weighted by Gasteiger charge is 2.10. The smallest absolute Gasteiger partial charge is 0.132 e. The van der Waals surface area contributed by atoms with Gasteiger partial charge in [-0.05, 0) is 36.4 Å². The van der Waals surface area contributed by atoms with Crippen molar-refractivity contribution in [2.75, 3.05) is 40.1 Å². The SMILES string of the molecule is CN(C)c1ccc(C#Cc2ccc([N+](C)(C)C)cc2)cc1. The predicted octanol–water partition coefficient (Wildman–Crippen LogP) is 3.35. The van der Waals surface area contributed by atoms with Crippen LogP contribution in [0.5, 0.6) is 0 Å². The van der Waals surface area contributed by atoms with E-state index in [4.69, 9.17) is 0 Å². The zero-order chi connectivity index (χ0) is 15.5. The van der Waals surface area contributed by atoms with Crippen LogP contribution in [0.25, 0.3) is 0 Å². The molecule has 0 aliphatic rings. The maximum Gasteiger partial charge on any atom is 0.132 e. The lowest BCUT2D eigenvalue weighted by Crippen LogP contribution is -2.34. The Balaban J connectivity index is 2.15. The Labute approximate surface area is 128 Å². The van der Waals surface area contributed by atoms with Crippen LogP contribution >= 0.6 is 0 Å². The van der Waals surface area contributed by atoms with Gasteiger partial charge in [-0.2, -0.15) is 0 Å². The molecule has 0 unspecified atom stereocenters. The summed E-state index contributed by atoms with van der Waals surface area (Å²) in [6.07, 6.45) is 0. The summed E-state index contributed by atoms with van der Waals surface area (Å²) in [5, 5.41) is 0. The van der Waals surface area contributed by atoms with Crippen molar-refractivity contribution in [3.63, 3.8) is 0 Å². The van der Waals surface area contributed by atoms with Crippen LogP contribution in [-0.2, 0) is 0 Å². The average molecular weight is 279 g/mol. The van der Waals surface area contributed by atoms with Crippen LogP contribution in [0, 0.1) is 11.8 Å². The van der Waals surface area contributed by atoms with Gasteiger partial charge in [-0.15, -0.1) is 0 Å². The van der Waals surface area contributed by atoms with Gasteiger partial charge in [0.25, 0.3) is 0 Å². The molecule has 0 bridgehead atoms. The van der Waals surface area contributed by atoms with Crippen LogP contribution in [0.15, 0.2) is 48.5 Å². The molecule has 2 aromatic rings. The van der Waals surface area contributed by atoms with Crippen molar-refractivity contribution in [1.29, 1.82) is 0 Å². The van der Waals surface area contributed by atoms with Crippen LogP contribution in [-0.4, -0.2) is 35.2 Å². The molecule has 0 aliphatic carbocycles. The topological polar surface area (TPSA) is 3.24 Å². The van der Waals surface area contributed by atoms with Crippen molar-refractivity contribution in [1.82, 2.24) is 4.48 Å². The molecule has 2 rings (SSSR count). The summed E-state index contributed by atoms with van der Waals surface area (Å²) in [6.45, 7) is 0. The molecule has 0 N–H and O–H groups in total. The van der Waals surface area contributed by atoms with Gasteiger partial charge in [-0.3, -0.25) is 4.48 Å². The Morgan fingerprint density at radius 2 is 1.14 bits per heavy atom. The van der Waals surface area contributed by atoms with Gasteiger partial charge in [0.15, 0.2) is 0 Å². The molecule has 0 heterocycles. The molecule has 0 radical (unpaired) electrons. The van der Waals surface area contributed by atoms with E-state index in [1.807, 2.05) is 14.1 Å². The summed E-state index contributed by atoms with van der Waals surface area (Å²) in [6, 6.07) is 16.7. The third-order valence-corrected chi connectivity index (χ3v) is 3.38. The summed E-state index contributed by atoms with van der Waals surface area (Å²) in [4.78, 5) is 2.08. The van der Waals surface area contributed by atoms with E-state index in [-0.39, 0.29) is 0 Å². The van der Waals surface area contributed by atoms with Crippen molar-refractivity contribution < 1.29 is 0 Å². The number of nitrogens with zero attached hydrogens (tertiary/aromatic N) is 2. The lowest BCUT2D eigenvalue weighted by molar-refractivity contribution is 0.486. The second-order valence-corrected chi connectivity index (χ2v) is 6.25. The molecule has 0 aromatic heterocycles. The van der Waals surface area contributed by atoms with Crippen LogP contribution in [0.3, 0.4) is 0 Å². The van der Waals surface area contributed by atoms with E-state index < -0.39 is 0 Å². The number of hydrogen-bond donors (Lipinski definition) is 0. The zero-order valence-electron chi connectivity index (χ0n) is 13.5. The first kappa shape index (κ1) is 15.2. The minimum absolute atomic E-state index is 0.819. The Morgan fingerprint density at radius 3 is 1.52 bits per heavy atom. The number of quaternary nitrogens is 1. The first-order chi connectivity index (χ1) is 9.86. The van der Waals surface area contributed by atoms with Gasteiger partial charge < -0.3 is 4.90 Å². The Bertz CT molecular complexity index is 648. The van der Waals surface area contributed by atoms with Gasteiger partial charge in [-0.25, -0.2) is 0 Å². The molecule has 2 heteroatoms. The zero-order valence-corrected chi connectivity index (χ0v) is 13.5. The maximum atomic E-state index is 3.22. The molecule has 0 atom stereocenters. The van der Waals surface area contributed by atoms with Crippen molar-refractivity contribution in [2.45, 2.75) is 0 Å². The second kappa shape index (κ2) is 6.03. The van der Waals surface area contributed by atoms with Crippen LogP contribution in [0.4, 0.5) is 11.4 Å². The summed E-state index contributed by atoms with van der Waals surface area (Å²) in [5.41, 5.74) is 4.55. The molecule has 0 saturated carbocycles. The third kappa shape index (κ3) is 4.11. The summed E-state index contributed by atoms with van der Waals surface area (Å²) in [5.74, 6) is 6.43. The van der Waals surface area contributed by atoms with Crippen LogP contribution in [0.2, 0.25) is 0 Å². The highest BCUT2D eigenvalue weighted by atomic mass is 15.3. The maximum absolute atomic E-state index is 3.22. The van der Waals surface area contributed by atoms with Gasteiger partial charge in [0.05, 0.1) is 21.1 Å². The first-order valence-corrected chi connectivity index (χ1v) is 7.08. The lowest BCUT2D eigenvalue weighted by atomic mass is 10.1. The van der Waals surface area contributed by atoms with Gasteiger partial charge in [-0.1, -0.05) is 11.8 Å². The normalized spacial score (nSPS) is 10.7. The molecule has 21 heavy (non-hydrogen) atoms. The monoisotopic (exact) mass is 279 g/mol. The molecular weight excluding hydrogens is 256 g/mol. The molecule has 0 amide bonds. The largest absolute Gasteiger partial charge is 0.378 e. The highest BCUT2D eigenvalue weighted by Crippen LogP contribution is 2.17. The molecular formula is C19H23N2+. The van der Waals surface area contributed by atoms with Crippen molar-refractivity contribution in [2.24, 2.45) is 0 Å². The molecule has 0 fully saturated rings. The van der Waals surface area contributed by atoms with Gasteiger partial charge in [0.2, 0.25) is 0 Å². The van der Waals surface area contributed by atoms with E-state index in [1.54, 1.807) is 0 Å². The van der Waals surface area contributed by atoms with Crippen molar-refractivity contribution in [3.05, 3.63) is 59.7 Å². The molecule has 2 nitrogen and oxygen atoms in total. The molecule has 0 spiro atoms. The number of rotatable bonds is 2. The average Bonchev–Trinajstić information content (AvgIpc) is 2.45. The fourth-order valence-corrected chi connectivity index (χ4v) is 1.98. The Hall–Kier alpha value is -2.24. The predicted molar refractivity (Wildman–Crippen MR) is 92.8 cm³/mol. The van der Waals surface area contributed by atoms with Crippen LogP contribution in [0.1, 0.15) is 11.1 Å². The number of benzene rings is 2. The van der Waals surface area contributed by atoms with E-state index in [1.165, 1.54) is 11.4 Å². The van der Waals surface area contributed by atoms with Gasteiger partial charge >= 0.3 is 0 Å². The standard InChI is InChI=1S/C19H23N2/c1-20(2)18-12-8-16(9-13-18)6-7-17-10-14-19(15-11-17)21(3,4)5/h8-15H,1-5H3/q+1. The summed E-state index contributed by atoms with van der Waals surface area (Å²) in [7, 11) is 10.6. The van der Waals surface area contributed by atoms with E-state index >= 15 is 0 Å². The molecule has 0 aliphatic heterocycles. The fraction of sp³-hybridized carbons (Fsp3) is 0.263. The number of hydrogen-bond acceptors (Lipinski definition) is 1. The lowest BCUT2D eigenvalue weighted by Gasteiger charge is -2.23. The minimum Gasteiger partial charge on any atom is -0.378 e. The van der Waals surface area contributed by atoms with Crippen LogP contribution < -0.4 is 9.38 Å². The Kier molecular flexibility index (Phi) is 4.35. The highest BCUT2D eigenvalue weighted by molar-refractivity contribution is 5.52. The van der Waals surface area contributed by atoms with E-state index in [9.17, 15) is 0 Å². The van der Waals surface area contributed by atoms with Crippen molar-refractivity contribution in [3.8, 4) is 11.8 Å². The quantitative estimate of drug-likeness (QED) is 0.602. The molecule has 0 saturated heterocycles. The summed E-state index contributed by atoms with van der Waals surface area (Å²) >= 11 is 0. The van der Waals surface area contributed by atoms with Gasteiger partial charge in [0.1, 0.15) is 5.69 Å². The van der Waals surface area contributed by atoms with Gasteiger partial charge in [0, 0.05) is 43.0 Å². The molecule has 2 aromatic carbocycles. The van der Waals surface area contributed by atoms with E-state index in [0.717, 1.165) is 15.6 Å². The third-order valence-electron chi connectivity index (χ3n) is 3.38. The second-order valence-electron chi connectivity index (χ2n) is 6.25. The van der Waals surface area contributed by atoms with Crippen molar-refractivity contribution >= 4 is 11.4 Å². The van der Waals surface area contributed by atoms with E-state index in [0.29, 0.717) is 0 Å². The van der Waals surface area contributed by atoms with E-state index in [2.05, 4.69) is 86.4 Å². The number of anilines is 1. The first-order valence-electron chi connectivity index (χ1n) is 7.08.